The number of hydrogen-bond donors (Lipinski definition) is 2. The predicted octanol–water partition coefficient (Wildman–Crippen LogP) is 2.52. The van der Waals surface area contributed by atoms with Gasteiger partial charge in [-0.3, -0.25) is 10.2 Å². The fourth-order valence-corrected chi connectivity index (χ4v) is 6.08. The van der Waals surface area contributed by atoms with E-state index in [4.69, 9.17) is 19.4 Å². The van der Waals surface area contributed by atoms with Gasteiger partial charge < -0.3 is 24.0 Å². The number of piperazine rings is 1. The van der Waals surface area contributed by atoms with Crippen molar-refractivity contribution >= 4 is 16.7 Å². The van der Waals surface area contributed by atoms with Crippen LogP contribution in [-0.2, 0) is 4.74 Å². The van der Waals surface area contributed by atoms with E-state index in [2.05, 4.69) is 37.9 Å². The van der Waals surface area contributed by atoms with Crippen LogP contribution in [0.5, 0.6) is 5.88 Å². The number of imidazole rings is 1. The van der Waals surface area contributed by atoms with Crippen LogP contribution in [0.1, 0.15) is 37.8 Å². The topological polar surface area (TPSA) is 112 Å². The van der Waals surface area contributed by atoms with Crippen LogP contribution in [0.25, 0.3) is 22.3 Å². The average molecular weight is 530 g/mol. The van der Waals surface area contributed by atoms with Crippen LogP contribution in [-0.4, -0.2) is 88.9 Å². The summed E-state index contributed by atoms with van der Waals surface area (Å²) in [7, 11) is 0. The lowest BCUT2D eigenvalue weighted by atomic mass is 10.0. The maximum atomic E-state index is 10.1. The number of hydrogen-bond acceptors (Lipinski definition) is 9. The van der Waals surface area contributed by atoms with Crippen molar-refractivity contribution in [2.75, 3.05) is 50.8 Å². The van der Waals surface area contributed by atoms with Crippen LogP contribution in [0.15, 0.2) is 30.6 Å². The van der Waals surface area contributed by atoms with Crippen molar-refractivity contribution in [3.05, 3.63) is 36.2 Å². The van der Waals surface area contributed by atoms with E-state index in [0.29, 0.717) is 36.5 Å². The zero-order chi connectivity index (χ0) is 26.5. The van der Waals surface area contributed by atoms with E-state index in [-0.39, 0.29) is 12.0 Å². The molecule has 2 aromatic heterocycles. The summed E-state index contributed by atoms with van der Waals surface area (Å²) >= 11 is 0. The largest absolute Gasteiger partial charge is 0.473 e. The minimum atomic E-state index is -0.490. The molecule has 39 heavy (non-hydrogen) atoms. The molecule has 7 rings (SSSR count). The van der Waals surface area contributed by atoms with E-state index in [9.17, 15) is 10.4 Å². The van der Waals surface area contributed by atoms with Crippen molar-refractivity contribution in [3.63, 3.8) is 0 Å². The Morgan fingerprint density at radius 3 is 2.64 bits per heavy atom. The standard InChI is InChI=1S/C29H35N7O3/c1-18(21-11-27(37)31-14-21)39-29-28-25(32-17-36(28)22-3-4-22)12-24(33-29)19-2-5-26(20(10-19)13-30)35-8-6-34(7-9-35)23-15-38-16-23/h2,5,10,12,17-18,21-23,27,31,37H,3-4,6-9,11,14-16H2,1H3/t18-,21-,27?/m1/s1. The van der Waals surface area contributed by atoms with Crippen molar-refractivity contribution in [2.45, 2.75) is 50.6 Å². The van der Waals surface area contributed by atoms with Crippen LogP contribution in [0.2, 0.25) is 0 Å². The number of nitrogens with zero attached hydrogens (tertiary/aromatic N) is 6. The number of nitriles is 1. The summed E-state index contributed by atoms with van der Waals surface area (Å²) in [6.07, 6.45) is 4.21. The highest BCUT2D eigenvalue weighted by Gasteiger charge is 2.32. The van der Waals surface area contributed by atoms with Gasteiger partial charge in [0.25, 0.3) is 0 Å². The Kier molecular flexibility index (Phi) is 6.40. The Labute approximate surface area is 228 Å². The Balaban J connectivity index is 1.18. The Morgan fingerprint density at radius 2 is 1.97 bits per heavy atom. The molecule has 0 bridgehead atoms. The zero-order valence-electron chi connectivity index (χ0n) is 22.3. The number of nitrogens with one attached hydrogen (secondary N) is 1. The summed E-state index contributed by atoms with van der Waals surface area (Å²) in [5.41, 5.74) is 5.01. The molecule has 0 radical (unpaired) electrons. The van der Waals surface area contributed by atoms with E-state index in [0.717, 1.165) is 80.2 Å². The second-order valence-corrected chi connectivity index (χ2v) is 11.4. The molecule has 3 aliphatic heterocycles. The van der Waals surface area contributed by atoms with Gasteiger partial charge in [0.15, 0.2) is 0 Å². The monoisotopic (exact) mass is 529 g/mol. The van der Waals surface area contributed by atoms with Crippen molar-refractivity contribution in [1.82, 2.24) is 24.8 Å². The van der Waals surface area contributed by atoms with Gasteiger partial charge in [-0.1, -0.05) is 6.07 Å². The molecule has 0 amide bonds. The van der Waals surface area contributed by atoms with Gasteiger partial charge in [-0.15, -0.1) is 0 Å². The molecule has 1 saturated carbocycles. The molecule has 4 aliphatic rings. The third-order valence-electron chi connectivity index (χ3n) is 8.77. The van der Waals surface area contributed by atoms with E-state index in [1.807, 2.05) is 25.4 Å². The van der Waals surface area contributed by atoms with Gasteiger partial charge in [0.05, 0.1) is 48.0 Å². The first kappa shape index (κ1) is 24.8. The summed E-state index contributed by atoms with van der Waals surface area (Å²) in [6.45, 7) is 8.17. The highest BCUT2D eigenvalue weighted by Crippen LogP contribution is 2.41. The first-order chi connectivity index (χ1) is 19.1. The van der Waals surface area contributed by atoms with Crippen molar-refractivity contribution in [3.8, 4) is 23.2 Å². The lowest BCUT2D eigenvalue weighted by molar-refractivity contribution is -0.0660. The van der Waals surface area contributed by atoms with Gasteiger partial charge in [0.2, 0.25) is 5.88 Å². The number of aliphatic hydroxyl groups is 1. The summed E-state index contributed by atoms with van der Waals surface area (Å²) < 4.78 is 14.1. The normalized spacial score (nSPS) is 25.0. The quantitative estimate of drug-likeness (QED) is 0.477. The van der Waals surface area contributed by atoms with Gasteiger partial charge in [0.1, 0.15) is 23.9 Å². The van der Waals surface area contributed by atoms with Crippen LogP contribution in [0.4, 0.5) is 5.69 Å². The fraction of sp³-hybridized carbons (Fsp3) is 0.552. The minimum absolute atomic E-state index is 0.120. The molecule has 0 spiro atoms. The van der Waals surface area contributed by atoms with E-state index >= 15 is 0 Å². The molecule has 4 fully saturated rings. The second-order valence-electron chi connectivity index (χ2n) is 11.4. The van der Waals surface area contributed by atoms with Gasteiger partial charge >= 0.3 is 0 Å². The molecule has 5 heterocycles. The summed E-state index contributed by atoms with van der Waals surface area (Å²) in [5.74, 6) is 0.763. The number of benzene rings is 1. The Hall–Kier alpha value is -3.23. The SMILES string of the molecule is C[C@@H](Oc1nc(-c2ccc(N3CCN(C4COC4)CC3)c(C#N)c2)cc2ncn(C3CC3)c12)[C@H]1CNC(O)C1. The molecular formula is C29H35N7O3. The third-order valence-corrected chi connectivity index (χ3v) is 8.77. The second kappa shape index (κ2) is 10.1. The number of ether oxygens (including phenoxy) is 2. The van der Waals surface area contributed by atoms with Gasteiger partial charge in [0, 0.05) is 50.2 Å². The molecule has 1 unspecified atom stereocenters. The predicted molar refractivity (Wildman–Crippen MR) is 147 cm³/mol. The number of anilines is 1. The van der Waals surface area contributed by atoms with Crippen LogP contribution < -0.4 is 15.0 Å². The number of aliphatic hydroxyl groups excluding tert-OH is 1. The number of aromatic nitrogens is 3. The highest BCUT2D eigenvalue weighted by atomic mass is 16.5. The van der Waals surface area contributed by atoms with Gasteiger partial charge in [-0.05, 0) is 44.4 Å². The number of fused-ring (bicyclic) bond motifs is 1. The maximum absolute atomic E-state index is 10.1. The van der Waals surface area contributed by atoms with Crippen LogP contribution >= 0.6 is 0 Å². The average Bonchev–Trinajstić information content (AvgIpc) is 3.52. The van der Waals surface area contributed by atoms with Crippen LogP contribution in [0, 0.1) is 17.2 Å². The van der Waals surface area contributed by atoms with Gasteiger partial charge in [-0.25, -0.2) is 9.97 Å². The molecule has 2 N–H and O–H groups in total. The number of rotatable bonds is 7. The van der Waals surface area contributed by atoms with Gasteiger partial charge in [-0.2, -0.15) is 5.26 Å². The molecule has 3 atom stereocenters. The molecular weight excluding hydrogens is 494 g/mol. The lowest BCUT2D eigenvalue weighted by Gasteiger charge is -2.43. The van der Waals surface area contributed by atoms with Crippen molar-refractivity contribution < 1.29 is 14.6 Å². The summed E-state index contributed by atoms with van der Waals surface area (Å²) in [6, 6.07) is 11.5. The Bertz CT molecular complexity index is 1400. The van der Waals surface area contributed by atoms with Crippen LogP contribution in [0.3, 0.4) is 0 Å². The van der Waals surface area contributed by atoms with Crippen molar-refractivity contribution in [1.29, 1.82) is 5.26 Å². The highest BCUT2D eigenvalue weighted by molar-refractivity contribution is 5.85. The summed E-state index contributed by atoms with van der Waals surface area (Å²) in [5, 5.41) is 23.1. The molecule has 3 aromatic rings. The zero-order valence-corrected chi connectivity index (χ0v) is 22.3. The molecule has 10 heteroatoms. The maximum Gasteiger partial charge on any atom is 0.241 e. The summed E-state index contributed by atoms with van der Waals surface area (Å²) in [4.78, 5) is 14.5. The third kappa shape index (κ3) is 4.74. The molecule has 1 aliphatic carbocycles. The first-order valence-electron chi connectivity index (χ1n) is 14.1. The molecule has 204 valence electrons. The van der Waals surface area contributed by atoms with E-state index < -0.39 is 6.23 Å². The van der Waals surface area contributed by atoms with E-state index in [1.54, 1.807) is 0 Å². The lowest BCUT2D eigenvalue weighted by Crippen LogP contribution is -2.56. The molecule has 10 nitrogen and oxygen atoms in total. The number of pyridine rings is 1. The Morgan fingerprint density at radius 1 is 1.15 bits per heavy atom. The first-order valence-corrected chi connectivity index (χ1v) is 14.1. The smallest absolute Gasteiger partial charge is 0.241 e. The molecule has 3 saturated heterocycles. The molecule has 1 aromatic carbocycles. The van der Waals surface area contributed by atoms with Crippen molar-refractivity contribution in [2.24, 2.45) is 5.92 Å². The fourth-order valence-electron chi connectivity index (χ4n) is 6.08. The van der Waals surface area contributed by atoms with E-state index in [1.165, 1.54) is 0 Å². The minimum Gasteiger partial charge on any atom is -0.473 e.